The molecule has 1 aromatic carbocycles. The first kappa shape index (κ1) is 9.73. The van der Waals surface area contributed by atoms with E-state index in [4.69, 9.17) is 4.42 Å². The molecule has 1 saturated carbocycles. The molecule has 1 heterocycles. The third-order valence-corrected chi connectivity index (χ3v) is 3.22. The van der Waals surface area contributed by atoms with Crippen LogP contribution in [0.5, 0.6) is 5.75 Å². The van der Waals surface area contributed by atoms with Crippen LogP contribution in [0.25, 0.3) is 11.0 Å². The molecule has 3 rings (SSSR count). The number of phenolic OH excluding ortho intramolecular Hbond substituents is 1. The number of rotatable bonds is 3. The first-order valence-corrected chi connectivity index (χ1v) is 5.76. The molecule has 0 spiro atoms. The van der Waals surface area contributed by atoms with Gasteiger partial charge in [-0.3, -0.25) is 0 Å². The first-order chi connectivity index (χ1) is 7.81. The van der Waals surface area contributed by atoms with Crippen molar-refractivity contribution in [2.45, 2.75) is 31.8 Å². The summed E-state index contributed by atoms with van der Waals surface area (Å²) in [5.74, 6) is 1.19. The van der Waals surface area contributed by atoms with Gasteiger partial charge >= 0.3 is 0 Å². The molecule has 0 bridgehead atoms. The van der Waals surface area contributed by atoms with Gasteiger partial charge in [-0.2, -0.15) is 0 Å². The summed E-state index contributed by atoms with van der Waals surface area (Å²) in [5.41, 5.74) is 0.755. The van der Waals surface area contributed by atoms with Crippen molar-refractivity contribution < 1.29 is 9.52 Å². The molecule has 0 saturated heterocycles. The molecule has 2 N–H and O–H groups in total. The Labute approximate surface area is 94.1 Å². The normalized spacial score (nSPS) is 16.5. The maximum absolute atomic E-state index is 9.33. The fourth-order valence-electron chi connectivity index (χ4n) is 2.02. The Morgan fingerprint density at radius 1 is 1.31 bits per heavy atom. The second-order valence-corrected chi connectivity index (χ2v) is 4.44. The Bertz CT molecular complexity index is 500. The molecule has 0 amide bonds. The lowest BCUT2D eigenvalue weighted by atomic mass is 9.93. The predicted molar refractivity (Wildman–Crippen MR) is 62.4 cm³/mol. The van der Waals surface area contributed by atoms with Crippen molar-refractivity contribution in [2.75, 3.05) is 0 Å². The molecule has 0 radical (unpaired) electrons. The van der Waals surface area contributed by atoms with Crippen LogP contribution < -0.4 is 5.32 Å². The molecule has 1 aliphatic rings. The van der Waals surface area contributed by atoms with E-state index in [-0.39, 0.29) is 5.75 Å². The summed E-state index contributed by atoms with van der Waals surface area (Å²) >= 11 is 0. The van der Waals surface area contributed by atoms with Gasteiger partial charge in [-0.15, -0.1) is 0 Å². The van der Waals surface area contributed by atoms with E-state index >= 15 is 0 Å². The Hall–Kier alpha value is -1.48. The molecule has 0 aliphatic heterocycles. The molecule has 3 nitrogen and oxygen atoms in total. The summed E-state index contributed by atoms with van der Waals surface area (Å²) in [7, 11) is 0. The number of benzene rings is 1. The highest BCUT2D eigenvalue weighted by Gasteiger charge is 2.16. The topological polar surface area (TPSA) is 45.4 Å². The number of hydrogen-bond acceptors (Lipinski definition) is 3. The zero-order valence-electron chi connectivity index (χ0n) is 9.07. The van der Waals surface area contributed by atoms with Crippen molar-refractivity contribution >= 4 is 11.0 Å². The Morgan fingerprint density at radius 3 is 2.94 bits per heavy atom. The molecule has 2 aromatic rings. The smallest absolute Gasteiger partial charge is 0.138 e. The molecule has 0 unspecified atom stereocenters. The van der Waals surface area contributed by atoms with E-state index in [1.165, 1.54) is 19.3 Å². The molecular weight excluding hydrogens is 202 g/mol. The van der Waals surface area contributed by atoms with Gasteiger partial charge in [0, 0.05) is 17.5 Å². The van der Waals surface area contributed by atoms with Gasteiger partial charge in [-0.05, 0) is 31.0 Å². The summed E-state index contributed by atoms with van der Waals surface area (Å²) < 4.78 is 5.65. The van der Waals surface area contributed by atoms with Crippen molar-refractivity contribution in [1.82, 2.24) is 5.32 Å². The zero-order chi connectivity index (χ0) is 11.0. The number of hydrogen-bond donors (Lipinski definition) is 2. The van der Waals surface area contributed by atoms with Gasteiger partial charge in [0.05, 0.1) is 6.54 Å². The average molecular weight is 217 g/mol. The highest BCUT2D eigenvalue weighted by atomic mass is 16.3. The molecule has 84 valence electrons. The van der Waals surface area contributed by atoms with Gasteiger partial charge in [-0.25, -0.2) is 0 Å². The van der Waals surface area contributed by atoms with Gasteiger partial charge in [0.15, 0.2) is 0 Å². The molecule has 16 heavy (non-hydrogen) atoms. The summed E-state index contributed by atoms with van der Waals surface area (Å²) in [6.45, 7) is 0.778. The number of aromatic hydroxyl groups is 1. The van der Waals surface area contributed by atoms with Crippen molar-refractivity contribution in [3.63, 3.8) is 0 Å². The standard InChI is InChI=1S/C13H15NO2/c15-11-5-4-9-6-12(16-13(9)7-11)8-14-10-2-1-3-10/h4-7,10,14-15H,1-3,8H2. The second kappa shape index (κ2) is 3.83. The summed E-state index contributed by atoms with van der Waals surface area (Å²) in [5, 5.41) is 13.8. The van der Waals surface area contributed by atoms with Crippen LogP contribution >= 0.6 is 0 Å². The molecule has 1 aromatic heterocycles. The Balaban J connectivity index is 1.76. The van der Waals surface area contributed by atoms with Crippen LogP contribution in [-0.2, 0) is 6.54 Å². The number of phenols is 1. The first-order valence-electron chi connectivity index (χ1n) is 5.76. The second-order valence-electron chi connectivity index (χ2n) is 4.44. The summed E-state index contributed by atoms with van der Waals surface area (Å²) in [4.78, 5) is 0. The zero-order valence-corrected chi connectivity index (χ0v) is 9.07. The van der Waals surface area contributed by atoms with Crippen LogP contribution in [0, 0.1) is 0 Å². The fraction of sp³-hybridized carbons (Fsp3) is 0.385. The van der Waals surface area contributed by atoms with E-state index < -0.39 is 0 Å². The van der Waals surface area contributed by atoms with Crippen molar-refractivity contribution in [2.24, 2.45) is 0 Å². The third-order valence-electron chi connectivity index (χ3n) is 3.22. The number of fused-ring (bicyclic) bond motifs is 1. The van der Waals surface area contributed by atoms with Crippen LogP contribution in [0.4, 0.5) is 0 Å². The van der Waals surface area contributed by atoms with Crippen molar-refractivity contribution in [1.29, 1.82) is 0 Å². The van der Waals surface area contributed by atoms with E-state index in [1.807, 2.05) is 12.1 Å². The number of furan rings is 1. The predicted octanol–water partition coefficient (Wildman–Crippen LogP) is 2.78. The average Bonchev–Trinajstić information content (AvgIpc) is 2.57. The Morgan fingerprint density at radius 2 is 2.19 bits per heavy atom. The van der Waals surface area contributed by atoms with E-state index in [2.05, 4.69) is 5.32 Å². The molecule has 1 aliphatic carbocycles. The van der Waals surface area contributed by atoms with Gasteiger partial charge in [0.25, 0.3) is 0 Å². The minimum Gasteiger partial charge on any atom is -0.508 e. The van der Waals surface area contributed by atoms with Crippen LogP contribution in [0.15, 0.2) is 28.7 Å². The minimum atomic E-state index is 0.250. The van der Waals surface area contributed by atoms with Crippen LogP contribution in [-0.4, -0.2) is 11.1 Å². The maximum atomic E-state index is 9.33. The minimum absolute atomic E-state index is 0.250. The largest absolute Gasteiger partial charge is 0.508 e. The van der Waals surface area contributed by atoms with Gasteiger partial charge in [-0.1, -0.05) is 6.42 Å². The van der Waals surface area contributed by atoms with Gasteiger partial charge in [0.2, 0.25) is 0 Å². The molecule has 1 fully saturated rings. The number of nitrogens with one attached hydrogen (secondary N) is 1. The lowest BCUT2D eigenvalue weighted by Gasteiger charge is -2.25. The maximum Gasteiger partial charge on any atom is 0.138 e. The molecule has 0 atom stereocenters. The van der Waals surface area contributed by atoms with Crippen LogP contribution in [0.1, 0.15) is 25.0 Å². The monoisotopic (exact) mass is 217 g/mol. The summed E-state index contributed by atoms with van der Waals surface area (Å²) in [6, 6.07) is 7.91. The molecule has 3 heteroatoms. The van der Waals surface area contributed by atoms with Crippen LogP contribution in [0.2, 0.25) is 0 Å². The van der Waals surface area contributed by atoms with Crippen LogP contribution in [0.3, 0.4) is 0 Å². The fourth-order valence-corrected chi connectivity index (χ4v) is 2.02. The van der Waals surface area contributed by atoms with Gasteiger partial charge < -0.3 is 14.8 Å². The SMILES string of the molecule is Oc1ccc2cc(CNC3CCC3)oc2c1. The van der Waals surface area contributed by atoms with E-state index in [9.17, 15) is 5.11 Å². The molecular formula is C13H15NO2. The van der Waals surface area contributed by atoms with E-state index in [0.717, 1.165) is 23.3 Å². The van der Waals surface area contributed by atoms with E-state index in [1.54, 1.807) is 12.1 Å². The highest BCUT2D eigenvalue weighted by Crippen LogP contribution is 2.24. The summed E-state index contributed by atoms with van der Waals surface area (Å²) in [6.07, 6.45) is 3.90. The third kappa shape index (κ3) is 1.78. The highest BCUT2D eigenvalue weighted by molar-refractivity contribution is 5.79. The lowest BCUT2D eigenvalue weighted by Crippen LogP contribution is -2.34. The lowest BCUT2D eigenvalue weighted by molar-refractivity contribution is 0.327. The van der Waals surface area contributed by atoms with Gasteiger partial charge in [0.1, 0.15) is 17.1 Å². The van der Waals surface area contributed by atoms with Crippen molar-refractivity contribution in [3.05, 3.63) is 30.0 Å². The van der Waals surface area contributed by atoms with Crippen molar-refractivity contribution in [3.8, 4) is 5.75 Å². The quantitative estimate of drug-likeness (QED) is 0.831. The Kier molecular flexibility index (Phi) is 2.33. The van der Waals surface area contributed by atoms with E-state index in [0.29, 0.717) is 6.04 Å².